The van der Waals surface area contributed by atoms with Gasteiger partial charge in [0.15, 0.2) is 5.69 Å². The normalized spacial score (nSPS) is 10.7. The minimum absolute atomic E-state index is 0.0662. The van der Waals surface area contributed by atoms with Crippen molar-refractivity contribution in [2.75, 3.05) is 6.61 Å². The molecule has 0 radical (unpaired) electrons. The Balaban J connectivity index is 3.28. The highest BCUT2D eigenvalue weighted by atomic mass is 35.5. The molecule has 4 nitrogen and oxygen atoms in total. The molecule has 1 rings (SSSR count). The Morgan fingerprint density at radius 3 is 2.76 bits per heavy atom. The number of nitrogens with zero attached hydrogens (tertiary/aromatic N) is 1. The zero-order valence-corrected chi connectivity index (χ0v) is 9.80. The second-order valence-electron chi connectivity index (χ2n) is 3.09. The summed E-state index contributed by atoms with van der Waals surface area (Å²) in [6, 6.07) is 1.08. The summed E-state index contributed by atoms with van der Waals surface area (Å²) < 4.78 is 30.0. The maximum absolute atomic E-state index is 12.7. The Bertz CT molecular complexity index is 427. The Hall–Kier alpha value is -1.27. The molecule has 1 heterocycles. The Morgan fingerprint density at radius 2 is 2.29 bits per heavy atom. The molecule has 2 N–H and O–H groups in total. The van der Waals surface area contributed by atoms with Crippen LogP contribution in [0.2, 0.25) is 5.02 Å². The van der Waals surface area contributed by atoms with Crippen molar-refractivity contribution in [2.24, 2.45) is 5.73 Å². The van der Waals surface area contributed by atoms with Crippen molar-refractivity contribution >= 4 is 17.6 Å². The third kappa shape index (κ3) is 3.10. The number of nitrogens with two attached hydrogens (primary N) is 1. The molecule has 0 bridgehead atoms. The number of alkyl halides is 2. The highest BCUT2D eigenvalue weighted by Gasteiger charge is 2.22. The first-order chi connectivity index (χ1) is 8.01. The maximum atomic E-state index is 12.7. The maximum Gasteiger partial charge on any atom is 0.358 e. The van der Waals surface area contributed by atoms with Crippen molar-refractivity contribution in [1.82, 2.24) is 4.98 Å². The topological polar surface area (TPSA) is 65.2 Å². The van der Waals surface area contributed by atoms with Crippen LogP contribution in [-0.4, -0.2) is 17.6 Å². The van der Waals surface area contributed by atoms with E-state index in [1.165, 1.54) is 0 Å². The summed E-state index contributed by atoms with van der Waals surface area (Å²) >= 11 is 5.68. The molecule has 0 atom stereocenters. The van der Waals surface area contributed by atoms with E-state index in [1.807, 2.05) is 0 Å². The molecule has 0 amide bonds. The van der Waals surface area contributed by atoms with E-state index in [1.54, 1.807) is 6.92 Å². The third-order valence-electron chi connectivity index (χ3n) is 1.95. The van der Waals surface area contributed by atoms with Crippen LogP contribution in [0.15, 0.2) is 6.07 Å². The number of pyridine rings is 1. The third-order valence-corrected chi connectivity index (χ3v) is 2.35. The van der Waals surface area contributed by atoms with Crippen molar-refractivity contribution in [2.45, 2.75) is 19.9 Å². The number of hydrogen-bond donors (Lipinski definition) is 1. The van der Waals surface area contributed by atoms with Gasteiger partial charge in [0.1, 0.15) is 0 Å². The predicted molar refractivity (Wildman–Crippen MR) is 58.1 cm³/mol. The summed E-state index contributed by atoms with van der Waals surface area (Å²) in [5, 5.41) is -0.393. The van der Waals surface area contributed by atoms with Crippen molar-refractivity contribution in [3.63, 3.8) is 0 Å². The molecule has 0 aliphatic carbocycles. The lowest BCUT2D eigenvalue weighted by atomic mass is 10.2. The lowest BCUT2D eigenvalue weighted by Gasteiger charge is -2.10. The van der Waals surface area contributed by atoms with Gasteiger partial charge in [-0.15, -0.1) is 0 Å². The largest absolute Gasteiger partial charge is 0.461 e. The molecule has 0 unspecified atom stereocenters. The molecule has 0 aliphatic heterocycles. The van der Waals surface area contributed by atoms with E-state index >= 15 is 0 Å². The average Bonchev–Trinajstić information content (AvgIpc) is 2.29. The van der Waals surface area contributed by atoms with Gasteiger partial charge in [0, 0.05) is 12.1 Å². The monoisotopic (exact) mass is 264 g/mol. The number of aromatic nitrogens is 1. The standard InChI is InChI=1S/C10H11ClF2N2O2/c1-2-17-10(16)8-7(11)6(9(12)13)3-5(4-14)15-8/h3,9H,2,4,14H2,1H3. The zero-order chi connectivity index (χ0) is 13.0. The molecule has 17 heavy (non-hydrogen) atoms. The summed E-state index contributed by atoms with van der Waals surface area (Å²) in [6.07, 6.45) is -2.80. The fraction of sp³-hybridized carbons (Fsp3) is 0.400. The summed E-state index contributed by atoms with van der Waals surface area (Å²) in [4.78, 5) is 15.2. The minimum Gasteiger partial charge on any atom is -0.461 e. The summed E-state index contributed by atoms with van der Waals surface area (Å²) in [5.74, 6) is -0.838. The number of esters is 1. The van der Waals surface area contributed by atoms with E-state index in [2.05, 4.69) is 9.72 Å². The highest BCUT2D eigenvalue weighted by Crippen LogP contribution is 2.30. The van der Waals surface area contributed by atoms with Gasteiger partial charge in [0.25, 0.3) is 6.43 Å². The zero-order valence-electron chi connectivity index (χ0n) is 9.04. The second kappa shape index (κ2) is 5.88. The Morgan fingerprint density at radius 1 is 1.65 bits per heavy atom. The first kappa shape index (κ1) is 13.8. The fourth-order valence-electron chi connectivity index (χ4n) is 1.20. The van der Waals surface area contributed by atoms with Gasteiger partial charge >= 0.3 is 5.97 Å². The van der Waals surface area contributed by atoms with Crippen molar-refractivity contribution in [1.29, 1.82) is 0 Å². The molecule has 0 saturated heterocycles. The molecule has 0 aromatic carbocycles. The van der Waals surface area contributed by atoms with E-state index in [0.717, 1.165) is 6.07 Å². The summed E-state index contributed by atoms with van der Waals surface area (Å²) in [7, 11) is 0. The molecule has 1 aromatic rings. The van der Waals surface area contributed by atoms with Gasteiger partial charge in [-0.2, -0.15) is 0 Å². The van der Waals surface area contributed by atoms with Gasteiger partial charge in [0.05, 0.1) is 17.3 Å². The highest BCUT2D eigenvalue weighted by molar-refractivity contribution is 6.34. The van der Waals surface area contributed by atoms with E-state index in [4.69, 9.17) is 17.3 Å². The van der Waals surface area contributed by atoms with Gasteiger partial charge in [-0.1, -0.05) is 11.6 Å². The van der Waals surface area contributed by atoms with E-state index in [-0.39, 0.29) is 24.5 Å². The summed E-state index contributed by atoms with van der Waals surface area (Å²) in [6.45, 7) is 1.63. The molecule has 0 saturated carbocycles. The van der Waals surface area contributed by atoms with Crippen LogP contribution in [0.3, 0.4) is 0 Å². The van der Waals surface area contributed by atoms with Crippen molar-refractivity contribution < 1.29 is 18.3 Å². The van der Waals surface area contributed by atoms with Crippen LogP contribution in [-0.2, 0) is 11.3 Å². The van der Waals surface area contributed by atoms with Crippen LogP contribution in [0, 0.1) is 0 Å². The van der Waals surface area contributed by atoms with Crippen LogP contribution in [0.1, 0.15) is 35.1 Å². The predicted octanol–water partition coefficient (Wildman–Crippen LogP) is 2.31. The smallest absolute Gasteiger partial charge is 0.358 e. The molecular weight excluding hydrogens is 254 g/mol. The number of halogens is 3. The van der Waals surface area contributed by atoms with E-state index < -0.39 is 23.0 Å². The number of carbonyl (C=O) groups excluding carboxylic acids is 1. The first-order valence-corrected chi connectivity index (χ1v) is 5.23. The minimum atomic E-state index is -2.80. The molecular formula is C10H11ClF2N2O2. The van der Waals surface area contributed by atoms with Gasteiger partial charge in [-0.25, -0.2) is 18.6 Å². The quantitative estimate of drug-likeness (QED) is 0.848. The van der Waals surface area contributed by atoms with Gasteiger partial charge in [0.2, 0.25) is 0 Å². The second-order valence-corrected chi connectivity index (χ2v) is 3.47. The number of ether oxygens (including phenoxy) is 1. The van der Waals surface area contributed by atoms with Crippen LogP contribution in [0.5, 0.6) is 0 Å². The molecule has 1 aromatic heterocycles. The van der Waals surface area contributed by atoms with Gasteiger partial charge in [-0.3, -0.25) is 0 Å². The van der Waals surface area contributed by atoms with Crippen molar-refractivity contribution in [3.05, 3.63) is 28.0 Å². The first-order valence-electron chi connectivity index (χ1n) is 4.85. The van der Waals surface area contributed by atoms with Gasteiger partial charge < -0.3 is 10.5 Å². The molecule has 0 aliphatic rings. The lowest BCUT2D eigenvalue weighted by Crippen LogP contribution is -2.12. The average molecular weight is 265 g/mol. The van der Waals surface area contributed by atoms with Crippen LogP contribution < -0.4 is 5.73 Å². The Labute approximate surface area is 102 Å². The van der Waals surface area contributed by atoms with E-state index in [0.29, 0.717) is 0 Å². The fourth-order valence-corrected chi connectivity index (χ4v) is 1.46. The van der Waals surface area contributed by atoms with Crippen LogP contribution in [0.25, 0.3) is 0 Å². The molecule has 0 fully saturated rings. The van der Waals surface area contributed by atoms with Crippen LogP contribution in [0.4, 0.5) is 8.78 Å². The number of rotatable bonds is 4. The SMILES string of the molecule is CCOC(=O)c1nc(CN)cc(C(F)F)c1Cl. The molecule has 94 valence electrons. The lowest BCUT2D eigenvalue weighted by molar-refractivity contribution is 0.0519. The van der Waals surface area contributed by atoms with Gasteiger partial charge in [-0.05, 0) is 13.0 Å². The molecule has 7 heteroatoms. The molecule has 0 spiro atoms. The van der Waals surface area contributed by atoms with E-state index in [9.17, 15) is 13.6 Å². The number of carbonyl (C=O) groups is 1. The summed E-state index contributed by atoms with van der Waals surface area (Å²) in [5.41, 5.74) is 4.67. The Kier molecular flexibility index (Phi) is 4.77. The van der Waals surface area contributed by atoms with Crippen molar-refractivity contribution in [3.8, 4) is 0 Å². The number of hydrogen-bond acceptors (Lipinski definition) is 4. The van der Waals surface area contributed by atoms with Crippen LogP contribution >= 0.6 is 11.6 Å².